The summed E-state index contributed by atoms with van der Waals surface area (Å²) in [6.07, 6.45) is 0. The Bertz CT molecular complexity index is 588. The summed E-state index contributed by atoms with van der Waals surface area (Å²) in [4.78, 5) is 0. The molecule has 0 aliphatic heterocycles. The Morgan fingerprint density at radius 2 is 2.00 bits per heavy atom. The fraction of sp³-hybridized carbons (Fsp3) is 0.250. The van der Waals surface area contributed by atoms with E-state index in [1.54, 1.807) is 12.1 Å². The van der Waals surface area contributed by atoms with Crippen molar-refractivity contribution in [2.45, 2.75) is 19.9 Å². The van der Waals surface area contributed by atoms with Gasteiger partial charge in [-0.2, -0.15) is 0 Å². The summed E-state index contributed by atoms with van der Waals surface area (Å²) in [5.74, 6) is 0.396. The Labute approximate surface area is 123 Å². The fourth-order valence-electron chi connectivity index (χ4n) is 1.97. The minimum atomic E-state index is -0.405. The van der Waals surface area contributed by atoms with E-state index >= 15 is 0 Å². The molecule has 0 saturated carbocycles. The highest BCUT2D eigenvalue weighted by Crippen LogP contribution is 2.29. The second-order valence-corrected chi connectivity index (χ2v) is 4.88. The lowest BCUT2D eigenvalue weighted by molar-refractivity contribution is 0.341. The second-order valence-electron chi connectivity index (χ2n) is 4.47. The number of benzene rings is 2. The van der Waals surface area contributed by atoms with E-state index in [9.17, 15) is 4.39 Å². The Hall–Kier alpha value is -1.74. The number of para-hydroxylation sites is 2. The maximum Gasteiger partial charge on any atom is 0.142 e. The quantitative estimate of drug-likeness (QED) is 0.833. The van der Waals surface area contributed by atoms with Gasteiger partial charge in [0.1, 0.15) is 11.6 Å². The Morgan fingerprint density at radius 3 is 2.70 bits per heavy atom. The summed E-state index contributed by atoms with van der Waals surface area (Å²) in [5, 5.41) is 3.49. The van der Waals surface area contributed by atoms with Gasteiger partial charge in [-0.05, 0) is 43.7 Å². The molecule has 1 atom stereocenters. The normalized spacial score (nSPS) is 12.0. The van der Waals surface area contributed by atoms with Gasteiger partial charge >= 0.3 is 0 Å². The smallest absolute Gasteiger partial charge is 0.142 e. The summed E-state index contributed by atoms with van der Waals surface area (Å²) >= 11 is 5.81. The molecule has 0 bridgehead atoms. The van der Waals surface area contributed by atoms with E-state index in [2.05, 4.69) is 5.32 Å². The molecule has 106 valence electrons. The van der Waals surface area contributed by atoms with E-state index in [1.165, 1.54) is 6.07 Å². The summed E-state index contributed by atoms with van der Waals surface area (Å²) in [6, 6.07) is 12.5. The molecule has 4 heteroatoms. The average Bonchev–Trinajstić information content (AvgIpc) is 2.44. The Balaban J connectivity index is 2.18. The topological polar surface area (TPSA) is 21.3 Å². The van der Waals surface area contributed by atoms with Crippen molar-refractivity contribution in [1.82, 2.24) is 0 Å². The molecule has 0 aliphatic carbocycles. The molecule has 0 saturated heterocycles. The summed E-state index contributed by atoms with van der Waals surface area (Å²) in [7, 11) is 0. The lowest BCUT2D eigenvalue weighted by atomic mass is 10.1. The first-order valence-corrected chi connectivity index (χ1v) is 6.93. The average molecular weight is 294 g/mol. The highest BCUT2D eigenvalue weighted by atomic mass is 35.5. The van der Waals surface area contributed by atoms with Crippen LogP contribution in [0.3, 0.4) is 0 Å². The zero-order valence-corrected chi connectivity index (χ0v) is 12.2. The molecule has 2 aromatic carbocycles. The molecule has 20 heavy (non-hydrogen) atoms. The predicted molar refractivity (Wildman–Crippen MR) is 81.1 cm³/mol. The van der Waals surface area contributed by atoms with Gasteiger partial charge in [0, 0.05) is 6.04 Å². The molecule has 0 heterocycles. The van der Waals surface area contributed by atoms with Crippen molar-refractivity contribution in [3.63, 3.8) is 0 Å². The lowest BCUT2D eigenvalue weighted by Crippen LogP contribution is -2.08. The largest absolute Gasteiger partial charge is 0.492 e. The van der Waals surface area contributed by atoms with Crippen LogP contribution in [0.15, 0.2) is 42.5 Å². The van der Waals surface area contributed by atoms with Gasteiger partial charge in [-0.15, -0.1) is 0 Å². The third-order valence-corrected chi connectivity index (χ3v) is 3.29. The molecule has 2 rings (SSSR count). The van der Waals surface area contributed by atoms with E-state index < -0.39 is 5.82 Å². The van der Waals surface area contributed by atoms with Crippen LogP contribution in [0.5, 0.6) is 5.75 Å². The van der Waals surface area contributed by atoms with Crippen molar-refractivity contribution in [2.24, 2.45) is 0 Å². The first-order chi connectivity index (χ1) is 9.61. The SMILES string of the molecule is CCOc1ccccc1NC(C)c1ccc(F)c(Cl)c1. The molecule has 1 unspecified atom stereocenters. The molecule has 0 aliphatic rings. The van der Waals surface area contributed by atoms with Crippen molar-refractivity contribution in [1.29, 1.82) is 0 Å². The van der Waals surface area contributed by atoms with Gasteiger partial charge in [0.25, 0.3) is 0 Å². The van der Waals surface area contributed by atoms with Gasteiger partial charge in [-0.1, -0.05) is 29.8 Å². The summed E-state index contributed by atoms with van der Waals surface area (Å²) < 4.78 is 18.7. The molecule has 0 radical (unpaired) electrons. The second kappa shape index (κ2) is 6.62. The van der Waals surface area contributed by atoms with Crippen molar-refractivity contribution in [2.75, 3.05) is 11.9 Å². The first kappa shape index (κ1) is 14.7. The first-order valence-electron chi connectivity index (χ1n) is 6.55. The summed E-state index contributed by atoms with van der Waals surface area (Å²) in [5.41, 5.74) is 1.82. The van der Waals surface area contributed by atoms with Gasteiger partial charge in [0.15, 0.2) is 0 Å². The number of nitrogens with one attached hydrogen (secondary N) is 1. The van der Waals surface area contributed by atoms with Crippen LogP contribution in [0.25, 0.3) is 0 Å². The lowest BCUT2D eigenvalue weighted by Gasteiger charge is -2.18. The van der Waals surface area contributed by atoms with Crippen LogP contribution in [-0.4, -0.2) is 6.61 Å². The van der Waals surface area contributed by atoms with E-state index in [1.807, 2.05) is 38.1 Å². The van der Waals surface area contributed by atoms with Gasteiger partial charge in [-0.3, -0.25) is 0 Å². The zero-order valence-electron chi connectivity index (χ0n) is 11.5. The number of hydrogen-bond acceptors (Lipinski definition) is 2. The predicted octanol–water partition coefficient (Wildman–Crippen LogP) is 5.05. The number of halogens is 2. The molecule has 0 fully saturated rings. The van der Waals surface area contributed by atoms with Crippen molar-refractivity contribution in [3.05, 3.63) is 58.9 Å². The fourth-order valence-corrected chi connectivity index (χ4v) is 2.15. The molecule has 0 aromatic heterocycles. The molecule has 0 amide bonds. The molecular formula is C16H17ClFNO. The van der Waals surface area contributed by atoms with E-state index in [4.69, 9.17) is 16.3 Å². The van der Waals surface area contributed by atoms with E-state index in [0.717, 1.165) is 17.0 Å². The van der Waals surface area contributed by atoms with Gasteiger partial charge < -0.3 is 10.1 Å². The highest BCUT2D eigenvalue weighted by molar-refractivity contribution is 6.30. The number of anilines is 1. The maximum absolute atomic E-state index is 13.2. The van der Waals surface area contributed by atoms with E-state index in [0.29, 0.717) is 6.61 Å². The molecule has 0 spiro atoms. The van der Waals surface area contributed by atoms with Crippen LogP contribution in [0.2, 0.25) is 5.02 Å². The maximum atomic E-state index is 13.2. The monoisotopic (exact) mass is 293 g/mol. The minimum absolute atomic E-state index is 0.00490. The number of ether oxygens (including phenoxy) is 1. The van der Waals surface area contributed by atoms with Crippen LogP contribution in [0, 0.1) is 5.82 Å². The van der Waals surface area contributed by atoms with Gasteiger partial charge in [-0.25, -0.2) is 4.39 Å². The minimum Gasteiger partial charge on any atom is -0.492 e. The van der Waals surface area contributed by atoms with Crippen LogP contribution < -0.4 is 10.1 Å². The van der Waals surface area contributed by atoms with Crippen molar-refractivity contribution < 1.29 is 9.13 Å². The Morgan fingerprint density at radius 1 is 1.25 bits per heavy atom. The molecule has 2 nitrogen and oxygen atoms in total. The Kier molecular flexibility index (Phi) is 4.85. The number of rotatable bonds is 5. The highest BCUT2D eigenvalue weighted by Gasteiger charge is 2.10. The van der Waals surface area contributed by atoms with Gasteiger partial charge in [0.05, 0.1) is 17.3 Å². The summed E-state index contributed by atoms with van der Waals surface area (Å²) in [6.45, 7) is 4.54. The third-order valence-electron chi connectivity index (χ3n) is 3.00. The zero-order chi connectivity index (χ0) is 14.5. The van der Waals surface area contributed by atoms with Gasteiger partial charge in [0.2, 0.25) is 0 Å². The molecular weight excluding hydrogens is 277 g/mol. The van der Waals surface area contributed by atoms with Crippen molar-refractivity contribution in [3.8, 4) is 5.75 Å². The van der Waals surface area contributed by atoms with Crippen LogP contribution >= 0.6 is 11.6 Å². The third kappa shape index (κ3) is 3.42. The van der Waals surface area contributed by atoms with E-state index in [-0.39, 0.29) is 11.1 Å². The standard InChI is InChI=1S/C16H17ClFNO/c1-3-20-16-7-5-4-6-15(16)19-11(2)12-8-9-14(18)13(17)10-12/h4-11,19H,3H2,1-2H3. The van der Waals surface area contributed by atoms with Crippen molar-refractivity contribution >= 4 is 17.3 Å². The van der Waals surface area contributed by atoms with Crippen LogP contribution in [0.1, 0.15) is 25.5 Å². The number of hydrogen-bond donors (Lipinski definition) is 1. The molecule has 2 aromatic rings. The van der Waals surface area contributed by atoms with Crippen LogP contribution in [0.4, 0.5) is 10.1 Å². The van der Waals surface area contributed by atoms with Crippen LogP contribution in [-0.2, 0) is 0 Å². The molecule has 1 N–H and O–H groups in total.